The number of esters is 1. The fraction of sp³-hybridized carbons (Fsp3) is 0.417. The number of benzene rings is 1. The Morgan fingerprint density at radius 3 is 2.28 bits per heavy atom. The molecule has 0 amide bonds. The van der Waals surface area contributed by atoms with Gasteiger partial charge in [-0.1, -0.05) is 12.1 Å². The van der Waals surface area contributed by atoms with Gasteiger partial charge in [0.25, 0.3) is 9.05 Å². The molecule has 0 saturated heterocycles. The van der Waals surface area contributed by atoms with E-state index in [1.54, 1.807) is 26.0 Å². The van der Waals surface area contributed by atoms with Crippen molar-refractivity contribution in [1.82, 2.24) is 0 Å². The molecule has 0 aromatic heterocycles. The maximum Gasteiger partial charge on any atom is 0.306 e. The molecule has 0 saturated carbocycles. The van der Waals surface area contributed by atoms with Gasteiger partial charge in [0.05, 0.1) is 11.0 Å². The predicted molar refractivity (Wildman–Crippen MR) is 69.0 cm³/mol. The monoisotopic (exact) mass is 290 g/mol. The molecule has 18 heavy (non-hydrogen) atoms. The molecule has 0 bridgehead atoms. The van der Waals surface area contributed by atoms with Crippen molar-refractivity contribution in [1.29, 1.82) is 0 Å². The maximum atomic E-state index is 11.3. The van der Waals surface area contributed by atoms with E-state index in [9.17, 15) is 13.2 Å². The number of hydrogen-bond donors (Lipinski definition) is 0. The van der Waals surface area contributed by atoms with Crippen molar-refractivity contribution in [3.63, 3.8) is 0 Å². The molecule has 1 aromatic carbocycles. The summed E-state index contributed by atoms with van der Waals surface area (Å²) in [5.74, 6) is -0.265. The highest BCUT2D eigenvalue weighted by Gasteiger charge is 2.10. The minimum absolute atomic E-state index is 0.0534. The highest BCUT2D eigenvalue weighted by Crippen LogP contribution is 2.16. The fourth-order valence-electron chi connectivity index (χ4n) is 1.39. The summed E-state index contributed by atoms with van der Waals surface area (Å²) in [5.41, 5.74) is 0.861. The largest absolute Gasteiger partial charge is 0.463 e. The molecule has 0 heterocycles. The van der Waals surface area contributed by atoms with Crippen LogP contribution in [0.1, 0.15) is 25.8 Å². The number of carbonyl (C=O) groups is 1. The highest BCUT2D eigenvalue weighted by atomic mass is 35.7. The van der Waals surface area contributed by atoms with E-state index in [1.807, 2.05) is 0 Å². The SMILES string of the molecule is CC(C)OC(=O)CCc1ccc(S(=O)(=O)Cl)cc1. The van der Waals surface area contributed by atoms with Crippen LogP contribution in [0.5, 0.6) is 0 Å². The lowest BCUT2D eigenvalue weighted by Crippen LogP contribution is -2.11. The minimum atomic E-state index is -3.69. The van der Waals surface area contributed by atoms with Crippen molar-refractivity contribution in [2.45, 2.75) is 37.7 Å². The second kappa shape index (κ2) is 6.20. The smallest absolute Gasteiger partial charge is 0.306 e. The number of halogens is 1. The Kier molecular flexibility index (Phi) is 5.16. The predicted octanol–water partition coefficient (Wildman–Crippen LogP) is 2.50. The molecule has 6 heteroatoms. The first kappa shape index (κ1) is 15.0. The van der Waals surface area contributed by atoms with Crippen LogP contribution in [0.15, 0.2) is 29.2 Å². The maximum absolute atomic E-state index is 11.3. The van der Waals surface area contributed by atoms with Gasteiger partial charge in [0.15, 0.2) is 0 Å². The summed E-state index contributed by atoms with van der Waals surface area (Å²) >= 11 is 0. The van der Waals surface area contributed by atoms with Crippen LogP contribution in [0.25, 0.3) is 0 Å². The van der Waals surface area contributed by atoms with Gasteiger partial charge < -0.3 is 4.74 Å². The molecule has 1 rings (SSSR count). The molecular weight excluding hydrogens is 276 g/mol. The van der Waals surface area contributed by atoms with E-state index in [-0.39, 0.29) is 23.4 Å². The van der Waals surface area contributed by atoms with Gasteiger partial charge in [0.2, 0.25) is 0 Å². The first-order valence-corrected chi connectivity index (χ1v) is 7.83. The van der Waals surface area contributed by atoms with Crippen LogP contribution in [0.3, 0.4) is 0 Å². The van der Waals surface area contributed by atoms with Crippen molar-refractivity contribution in [3.05, 3.63) is 29.8 Å². The normalized spacial score (nSPS) is 11.6. The van der Waals surface area contributed by atoms with Crippen LogP contribution < -0.4 is 0 Å². The lowest BCUT2D eigenvalue weighted by atomic mass is 10.1. The van der Waals surface area contributed by atoms with Crippen molar-refractivity contribution in [2.24, 2.45) is 0 Å². The third-order valence-corrected chi connectivity index (χ3v) is 3.56. The van der Waals surface area contributed by atoms with E-state index in [0.29, 0.717) is 6.42 Å². The Hall–Kier alpha value is -1.07. The molecule has 0 N–H and O–H groups in total. The average molecular weight is 291 g/mol. The fourth-order valence-corrected chi connectivity index (χ4v) is 2.16. The summed E-state index contributed by atoms with van der Waals surface area (Å²) < 4.78 is 27.0. The van der Waals surface area contributed by atoms with E-state index < -0.39 is 9.05 Å². The van der Waals surface area contributed by atoms with Gasteiger partial charge in [-0.2, -0.15) is 0 Å². The lowest BCUT2D eigenvalue weighted by Gasteiger charge is -2.07. The molecule has 0 unspecified atom stereocenters. The van der Waals surface area contributed by atoms with E-state index >= 15 is 0 Å². The quantitative estimate of drug-likeness (QED) is 0.617. The summed E-state index contributed by atoms with van der Waals surface area (Å²) in [6.45, 7) is 3.58. The van der Waals surface area contributed by atoms with Crippen LogP contribution in [0, 0.1) is 0 Å². The number of aryl methyl sites for hydroxylation is 1. The van der Waals surface area contributed by atoms with E-state index in [0.717, 1.165) is 5.56 Å². The zero-order valence-electron chi connectivity index (χ0n) is 10.2. The standard InChI is InChI=1S/C12H15ClO4S/c1-9(2)17-12(14)8-5-10-3-6-11(7-4-10)18(13,15)16/h3-4,6-7,9H,5,8H2,1-2H3. The molecule has 0 aliphatic rings. The van der Waals surface area contributed by atoms with Crippen molar-refractivity contribution >= 4 is 25.7 Å². The second-order valence-corrected chi connectivity index (χ2v) is 6.69. The average Bonchev–Trinajstić information content (AvgIpc) is 2.25. The van der Waals surface area contributed by atoms with Crippen LogP contribution in [0.2, 0.25) is 0 Å². The second-order valence-electron chi connectivity index (χ2n) is 4.12. The van der Waals surface area contributed by atoms with Crippen molar-refractivity contribution in [3.8, 4) is 0 Å². The summed E-state index contributed by atoms with van der Waals surface area (Å²) in [5, 5.41) is 0. The van der Waals surface area contributed by atoms with Gasteiger partial charge in [-0.25, -0.2) is 8.42 Å². The van der Waals surface area contributed by atoms with Gasteiger partial charge in [0.1, 0.15) is 0 Å². The molecule has 0 spiro atoms. The number of hydrogen-bond acceptors (Lipinski definition) is 4. The van der Waals surface area contributed by atoms with Crippen LogP contribution in [-0.2, 0) is 25.0 Å². The van der Waals surface area contributed by atoms with E-state index in [1.165, 1.54) is 12.1 Å². The number of rotatable bonds is 5. The molecule has 1 aromatic rings. The Morgan fingerprint density at radius 1 is 1.28 bits per heavy atom. The molecule has 0 atom stereocenters. The first-order valence-electron chi connectivity index (χ1n) is 5.52. The lowest BCUT2D eigenvalue weighted by molar-refractivity contribution is -0.147. The van der Waals surface area contributed by atoms with Crippen LogP contribution in [0.4, 0.5) is 0 Å². The summed E-state index contributed by atoms with van der Waals surface area (Å²) in [7, 11) is 1.51. The Morgan fingerprint density at radius 2 is 1.83 bits per heavy atom. The summed E-state index contributed by atoms with van der Waals surface area (Å²) in [6, 6.07) is 6.12. The molecular formula is C12H15ClO4S. The van der Waals surface area contributed by atoms with Gasteiger partial charge in [-0.3, -0.25) is 4.79 Å². The van der Waals surface area contributed by atoms with Crippen LogP contribution >= 0.6 is 10.7 Å². The van der Waals surface area contributed by atoms with Gasteiger partial charge in [-0.05, 0) is 38.0 Å². The highest BCUT2D eigenvalue weighted by molar-refractivity contribution is 8.13. The summed E-state index contributed by atoms with van der Waals surface area (Å²) in [6.07, 6.45) is 0.653. The zero-order valence-corrected chi connectivity index (χ0v) is 11.8. The van der Waals surface area contributed by atoms with Gasteiger partial charge in [-0.15, -0.1) is 0 Å². The van der Waals surface area contributed by atoms with Crippen LogP contribution in [-0.4, -0.2) is 20.5 Å². The third-order valence-electron chi connectivity index (χ3n) is 2.19. The topological polar surface area (TPSA) is 60.4 Å². The molecule has 0 fully saturated rings. The van der Waals surface area contributed by atoms with E-state index in [2.05, 4.69) is 0 Å². The molecule has 0 aliphatic heterocycles. The third kappa shape index (κ3) is 5.06. The Labute approximate surface area is 111 Å². The molecule has 100 valence electrons. The van der Waals surface area contributed by atoms with Gasteiger partial charge in [0, 0.05) is 17.1 Å². The molecule has 0 radical (unpaired) electrons. The minimum Gasteiger partial charge on any atom is -0.463 e. The number of ether oxygens (including phenoxy) is 1. The molecule has 4 nitrogen and oxygen atoms in total. The van der Waals surface area contributed by atoms with Crippen molar-refractivity contribution in [2.75, 3.05) is 0 Å². The Balaban J connectivity index is 2.57. The van der Waals surface area contributed by atoms with Crippen molar-refractivity contribution < 1.29 is 17.9 Å². The number of carbonyl (C=O) groups excluding carboxylic acids is 1. The van der Waals surface area contributed by atoms with Gasteiger partial charge >= 0.3 is 5.97 Å². The summed E-state index contributed by atoms with van der Waals surface area (Å²) in [4.78, 5) is 11.4. The zero-order chi connectivity index (χ0) is 13.8. The first-order chi connectivity index (χ1) is 8.29. The molecule has 0 aliphatic carbocycles. The van der Waals surface area contributed by atoms with E-state index in [4.69, 9.17) is 15.4 Å². The Bertz CT molecular complexity index is 505.